The Morgan fingerprint density at radius 1 is 1.29 bits per heavy atom. The lowest BCUT2D eigenvalue weighted by Crippen LogP contribution is -2.24. The van der Waals surface area contributed by atoms with Gasteiger partial charge in [-0.25, -0.2) is 9.37 Å². The van der Waals surface area contributed by atoms with Crippen LogP contribution in [-0.2, 0) is 11.2 Å². The maximum absolute atomic E-state index is 13.0. The van der Waals surface area contributed by atoms with Crippen molar-refractivity contribution in [3.63, 3.8) is 0 Å². The second-order valence-electron chi connectivity index (χ2n) is 6.52. The van der Waals surface area contributed by atoms with Crippen molar-refractivity contribution in [3.05, 3.63) is 79.6 Å². The summed E-state index contributed by atoms with van der Waals surface area (Å²) in [6.07, 6.45) is 2.27. The van der Waals surface area contributed by atoms with Crippen LogP contribution in [-0.4, -0.2) is 27.1 Å². The van der Waals surface area contributed by atoms with Crippen LogP contribution in [0.5, 0.6) is 5.75 Å². The van der Waals surface area contributed by atoms with E-state index in [4.69, 9.17) is 16.3 Å². The van der Waals surface area contributed by atoms with E-state index >= 15 is 0 Å². The molecule has 10 heteroatoms. The highest BCUT2D eigenvalue weighted by molar-refractivity contribution is 7.15. The Hall–Kier alpha value is -3.30. The minimum atomic E-state index is -0.414. The smallest absolute Gasteiger partial charge is 0.291 e. The van der Waals surface area contributed by atoms with Gasteiger partial charge in [0.1, 0.15) is 11.6 Å². The number of ether oxygens (including phenoxy) is 1. The van der Waals surface area contributed by atoms with Crippen molar-refractivity contribution in [1.29, 1.82) is 0 Å². The van der Waals surface area contributed by atoms with Crippen LogP contribution in [0.1, 0.15) is 18.3 Å². The zero-order valence-electron chi connectivity index (χ0n) is 16.3. The van der Waals surface area contributed by atoms with Gasteiger partial charge in [0.05, 0.1) is 4.53 Å². The molecule has 0 radical (unpaired) electrons. The number of hydrogen-bond donors (Lipinski definition) is 1. The van der Waals surface area contributed by atoms with Crippen LogP contribution >= 0.6 is 22.9 Å². The van der Waals surface area contributed by atoms with Crippen LogP contribution in [0.15, 0.2) is 47.3 Å². The molecule has 4 rings (SSSR count). The number of rotatable bonds is 6. The Kier molecular flexibility index (Phi) is 5.97. The molecule has 158 valence electrons. The van der Waals surface area contributed by atoms with Crippen molar-refractivity contribution < 1.29 is 13.9 Å². The fraction of sp³-hybridized carbons (Fsp3) is 0.143. The largest absolute Gasteiger partial charge is 0.483 e. The highest BCUT2D eigenvalue weighted by Gasteiger charge is 2.11. The molecule has 0 spiro atoms. The van der Waals surface area contributed by atoms with Crippen LogP contribution in [0.2, 0.25) is 5.02 Å². The predicted octanol–water partition coefficient (Wildman–Crippen LogP) is 3.07. The molecular weight excluding hydrogens is 443 g/mol. The molecule has 0 unspecified atom stereocenters. The van der Waals surface area contributed by atoms with E-state index in [1.165, 1.54) is 40.1 Å². The van der Waals surface area contributed by atoms with Gasteiger partial charge in [0, 0.05) is 22.7 Å². The van der Waals surface area contributed by atoms with E-state index in [2.05, 4.69) is 15.4 Å². The number of nitrogens with zero attached hydrogens (tertiary/aromatic N) is 3. The summed E-state index contributed by atoms with van der Waals surface area (Å²) in [6, 6.07) is 10.3. The van der Waals surface area contributed by atoms with E-state index in [-0.39, 0.29) is 12.2 Å². The molecule has 2 heterocycles. The summed E-state index contributed by atoms with van der Waals surface area (Å²) in [5, 5.41) is 7.26. The van der Waals surface area contributed by atoms with Crippen LogP contribution in [0.3, 0.4) is 0 Å². The van der Waals surface area contributed by atoms with Crippen LogP contribution < -0.4 is 20.1 Å². The molecule has 0 aliphatic heterocycles. The first-order valence-electron chi connectivity index (χ1n) is 9.31. The van der Waals surface area contributed by atoms with Gasteiger partial charge in [-0.15, -0.1) is 5.10 Å². The van der Waals surface area contributed by atoms with Crippen molar-refractivity contribution in [2.75, 3.05) is 11.9 Å². The molecule has 0 saturated carbocycles. The van der Waals surface area contributed by atoms with Gasteiger partial charge in [0.15, 0.2) is 12.4 Å². The lowest BCUT2D eigenvalue weighted by atomic mass is 10.2. The van der Waals surface area contributed by atoms with Gasteiger partial charge in [-0.1, -0.05) is 29.9 Å². The maximum Gasteiger partial charge on any atom is 0.291 e. The summed E-state index contributed by atoms with van der Waals surface area (Å²) in [4.78, 5) is 29.6. The molecule has 1 amide bonds. The number of aryl methyl sites for hydroxylation is 1. The van der Waals surface area contributed by atoms with Crippen molar-refractivity contribution in [1.82, 2.24) is 14.6 Å². The third kappa shape index (κ3) is 4.73. The number of fused-ring (bicyclic) bond motifs is 1. The normalized spacial score (nSPS) is 11.8. The summed E-state index contributed by atoms with van der Waals surface area (Å²) >= 11 is 7.32. The topological polar surface area (TPSA) is 85.6 Å². The van der Waals surface area contributed by atoms with Crippen molar-refractivity contribution in [2.45, 2.75) is 13.3 Å². The number of benzene rings is 2. The molecule has 0 aliphatic carbocycles. The monoisotopic (exact) mass is 458 g/mol. The second-order valence-corrected chi connectivity index (χ2v) is 7.96. The lowest BCUT2D eigenvalue weighted by molar-refractivity contribution is -0.118. The first-order chi connectivity index (χ1) is 14.9. The number of hydrogen-bond acceptors (Lipinski definition) is 6. The third-order valence-corrected chi connectivity index (χ3v) is 5.48. The van der Waals surface area contributed by atoms with Gasteiger partial charge in [0.25, 0.3) is 11.5 Å². The average Bonchev–Trinajstić information content (AvgIpc) is 3.28. The fourth-order valence-corrected chi connectivity index (χ4v) is 3.90. The van der Waals surface area contributed by atoms with Crippen LogP contribution in [0.4, 0.5) is 10.1 Å². The van der Waals surface area contributed by atoms with Crippen molar-refractivity contribution in [3.8, 4) is 5.75 Å². The highest BCUT2D eigenvalue weighted by Crippen LogP contribution is 2.24. The Bertz CT molecular complexity index is 1370. The molecule has 2 aromatic heterocycles. The quantitative estimate of drug-likeness (QED) is 0.480. The first kappa shape index (κ1) is 21.0. The SMILES string of the molecule is CCc1nc2s/c(=C\c3cc(Cl)ccc3OCC(=O)Nc3ccc(F)cc3)c(=O)n2n1. The molecule has 7 nitrogen and oxygen atoms in total. The van der Waals surface area contributed by atoms with Gasteiger partial charge in [0.2, 0.25) is 4.96 Å². The van der Waals surface area contributed by atoms with E-state index in [9.17, 15) is 14.0 Å². The summed E-state index contributed by atoms with van der Waals surface area (Å²) in [6.45, 7) is 1.64. The molecule has 1 N–H and O–H groups in total. The summed E-state index contributed by atoms with van der Waals surface area (Å²) < 4.78 is 20.3. The summed E-state index contributed by atoms with van der Waals surface area (Å²) in [5.41, 5.74) is 0.710. The molecule has 0 aliphatic rings. The number of nitrogens with one attached hydrogen (secondary N) is 1. The average molecular weight is 459 g/mol. The van der Waals surface area contributed by atoms with E-state index in [1.807, 2.05) is 6.92 Å². The molecule has 0 fully saturated rings. The highest BCUT2D eigenvalue weighted by atomic mass is 35.5. The zero-order valence-corrected chi connectivity index (χ0v) is 17.8. The third-order valence-electron chi connectivity index (χ3n) is 4.29. The Morgan fingerprint density at radius 3 is 2.77 bits per heavy atom. The van der Waals surface area contributed by atoms with Gasteiger partial charge in [-0.2, -0.15) is 4.52 Å². The lowest BCUT2D eigenvalue weighted by Gasteiger charge is -2.10. The zero-order chi connectivity index (χ0) is 22.0. The number of carbonyl (C=O) groups is 1. The second kappa shape index (κ2) is 8.83. The van der Waals surface area contributed by atoms with Gasteiger partial charge in [-0.3, -0.25) is 9.59 Å². The van der Waals surface area contributed by atoms with E-state index in [0.29, 0.717) is 43.8 Å². The molecule has 0 bridgehead atoms. The van der Waals surface area contributed by atoms with Crippen LogP contribution in [0.25, 0.3) is 11.0 Å². The molecule has 2 aromatic carbocycles. The number of halogens is 2. The molecule has 0 saturated heterocycles. The van der Waals surface area contributed by atoms with E-state index < -0.39 is 11.7 Å². The summed E-state index contributed by atoms with van der Waals surface area (Å²) in [7, 11) is 0. The Labute approximate surface area is 184 Å². The molecular formula is C21H16ClFN4O3S. The van der Waals surface area contributed by atoms with E-state index in [0.717, 1.165) is 0 Å². The minimum absolute atomic E-state index is 0.279. The van der Waals surface area contributed by atoms with Crippen molar-refractivity contribution >= 4 is 45.6 Å². The van der Waals surface area contributed by atoms with Gasteiger partial charge < -0.3 is 10.1 Å². The minimum Gasteiger partial charge on any atom is -0.483 e. The Balaban J connectivity index is 1.56. The maximum atomic E-state index is 13.0. The standard InChI is InChI=1S/C21H16ClFN4O3S/c1-2-18-25-21-27(26-18)20(29)17(31-21)10-12-9-13(22)3-8-16(12)30-11-19(28)24-15-6-4-14(23)5-7-15/h3-10H,2,11H2,1H3,(H,24,28)/b17-10-. The van der Waals surface area contributed by atoms with Crippen LogP contribution in [0, 0.1) is 5.82 Å². The van der Waals surface area contributed by atoms with Gasteiger partial charge >= 0.3 is 0 Å². The number of anilines is 1. The van der Waals surface area contributed by atoms with Crippen molar-refractivity contribution in [2.24, 2.45) is 0 Å². The number of aromatic nitrogens is 3. The number of carbonyl (C=O) groups excluding carboxylic acids is 1. The predicted molar refractivity (Wildman–Crippen MR) is 117 cm³/mol. The number of thiazole rings is 1. The first-order valence-corrected chi connectivity index (χ1v) is 10.5. The molecule has 4 aromatic rings. The molecule has 0 atom stereocenters. The summed E-state index contributed by atoms with van der Waals surface area (Å²) in [5.74, 6) is 0.179. The van der Waals surface area contributed by atoms with Gasteiger partial charge in [-0.05, 0) is 48.5 Å². The Morgan fingerprint density at radius 2 is 2.06 bits per heavy atom. The molecule has 31 heavy (non-hydrogen) atoms. The van der Waals surface area contributed by atoms with E-state index in [1.54, 1.807) is 24.3 Å². The fourth-order valence-electron chi connectivity index (χ4n) is 2.80. The number of amides is 1.